The van der Waals surface area contributed by atoms with Gasteiger partial charge >= 0.3 is 15.2 Å². The van der Waals surface area contributed by atoms with Crippen molar-refractivity contribution in [1.82, 2.24) is 19.5 Å². The number of aliphatic hydroxyl groups excluding tert-OH is 2. The van der Waals surface area contributed by atoms with Crippen molar-refractivity contribution in [1.29, 1.82) is 0 Å². The van der Waals surface area contributed by atoms with Crippen molar-refractivity contribution in [3.63, 3.8) is 0 Å². The number of ether oxygens (including phenoxy) is 1. The Kier molecular flexibility index (Phi) is 7.56. The lowest BCUT2D eigenvalue weighted by molar-refractivity contribution is -0.0483. The average Bonchev–Trinajstić information content (AvgIpc) is 3.55. The molecule has 6 rings (SSSR count). The zero-order valence-corrected chi connectivity index (χ0v) is 24.3. The molecule has 41 heavy (non-hydrogen) atoms. The number of rotatable bonds is 7. The van der Waals surface area contributed by atoms with Gasteiger partial charge in [-0.1, -0.05) is 43.5 Å². The van der Waals surface area contributed by atoms with Gasteiger partial charge < -0.3 is 39.1 Å². The van der Waals surface area contributed by atoms with E-state index in [0.717, 1.165) is 32.1 Å². The van der Waals surface area contributed by atoms with E-state index in [0.29, 0.717) is 17.9 Å². The Morgan fingerprint density at radius 3 is 2.54 bits per heavy atom. The van der Waals surface area contributed by atoms with E-state index in [1.165, 1.54) is 22.0 Å². The zero-order chi connectivity index (χ0) is 29.2. The van der Waals surface area contributed by atoms with E-state index >= 15 is 0 Å². The maximum absolute atomic E-state index is 12.1. The molecule has 2 fully saturated rings. The van der Waals surface area contributed by atoms with E-state index in [1.807, 2.05) is 12.1 Å². The first-order valence-electron chi connectivity index (χ1n) is 13.2. The second kappa shape index (κ2) is 10.6. The molecule has 2 aliphatic heterocycles. The molecule has 222 valence electrons. The summed E-state index contributed by atoms with van der Waals surface area (Å²) in [5, 5.41) is 21.4. The van der Waals surface area contributed by atoms with Gasteiger partial charge in [0.15, 0.2) is 29.1 Å². The second-order valence-corrected chi connectivity index (χ2v) is 15.1. The molecule has 3 aliphatic rings. The number of imidazole rings is 1. The van der Waals surface area contributed by atoms with Crippen molar-refractivity contribution in [2.75, 3.05) is 17.4 Å². The number of hydrogen-bond donors (Lipinski definition) is 5. The lowest BCUT2D eigenvalue weighted by Crippen LogP contribution is -2.43. The molecule has 1 aliphatic carbocycles. The largest absolute Gasteiger partial charge is 0.387 e. The SMILES string of the molecule is O=P(O)(O)CP(=O)(O)OC[C@H]1O[C@@H](n2cnc3c(N4Cc5ccccc5C45CCCCC5)nc(Cl)nc32)[C@@H](O)C1O. The standard InChI is InChI=1S/C24H30ClN5O9P2/c25-23-27-20-17(21(28-23)30-10-14-6-2-3-7-15(14)24(30)8-4-1-5-9-24)26-12-29(20)22-19(32)18(31)16(39-22)11-38-41(36,37)13-40(33,34)35/h2-3,6-7,12,16,18-19,22,31-32H,1,4-5,8-11,13H2,(H,36,37)(H2,33,34,35)/t16-,18?,19+,22-/m1/s1. The van der Waals surface area contributed by atoms with Crippen molar-refractivity contribution >= 4 is 43.8 Å². The summed E-state index contributed by atoms with van der Waals surface area (Å²) in [4.78, 5) is 43.5. The first-order chi connectivity index (χ1) is 19.4. The number of benzene rings is 1. The number of hydrogen-bond acceptors (Lipinski definition) is 10. The van der Waals surface area contributed by atoms with Crippen LogP contribution in [0.5, 0.6) is 0 Å². The van der Waals surface area contributed by atoms with Crippen LogP contribution in [0, 0.1) is 0 Å². The van der Waals surface area contributed by atoms with Gasteiger partial charge in [-0.2, -0.15) is 9.97 Å². The molecule has 5 atom stereocenters. The summed E-state index contributed by atoms with van der Waals surface area (Å²) in [5.41, 5.74) is 2.89. The number of aromatic nitrogens is 4. The number of nitrogens with zero attached hydrogens (tertiary/aromatic N) is 5. The van der Waals surface area contributed by atoms with Crippen LogP contribution in [-0.4, -0.2) is 75.2 Å². The fourth-order valence-electron chi connectivity index (χ4n) is 6.34. The minimum absolute atomic E-state index is 0.0391. The van der Waals surface area contributed by atoms with Gasteiger partial charge in [0.1, 0.15) is 18.3 Å². The van der Waals surface area contributed by atoms with Gasteiger partial charge in [-0.25, -0.2) is 4.98 Å². The maximum Gasteiger partial charge on any atom is 0.340 e. The van der Waals surface area contributed by atoms with E-state index in [-0.39, 0.29) is 16.5 Å². The van der Waals surface area contributed by atoms with Crippen molar-refractivity contribution in [2.24, 2.45) is 0 Å². The first kappa shape index (κ1) is 29.1. The summed E-state index contributed by atoms with van der Waals surface area (Å²) in [5.74, 6) is -0.843. The van der Waals surface area contributed by atoms with Gasteiger partial charge in [0, 0.05) is 6.54 Å². The van der Waals surface area contributed by atoms with Gasteiger partial charge in [0.25, 0.3) is 0 Å². The average molecular weight is 630 g/mol. The Balaban J connectivity index is 1.31. The molecule has 0 amide bonds. The predicted octanol–water partition coefficient (Wildman–Crippen LogP) is 2.62. The topological polar surface area (TPSA) is 201 Å². The summed E-state index contributed by atoms with van der Waals surface area (Å²) < 4.78 is 35.2. The zero-order valence-electron chi connectivity index (χ0n) is 21.7. The van der Waals surface area contributed by atoms with Crippen molar-refractivity contribution < 1.29 is 43.3 Å². The number of halogens is 1. The van der Waals surface area contributed by atoms with Crippen LogP contribution < -0.4 is 4.90 Å². The fourth-order valence-corrected chi connectivity index (χ4v) is 9.07. The van der Waals surface area contributed by atoms with Gasteiger partial charge in [0.2, 0.25) is 5.28 Å². The molecule has 0 radical (unpaired) electrons. The lowest BCUT2D eigenvalue weighted by atomic mass is 9.76. The van der Waals surface area contributed by atoms with E-state index in [9.17, 15) is 24.2 Å². The quantitative estimate of drug-likeness (QED) is 0.189. The molecule has 17 heteroatoms. The van der Waals surface area contributed by atoms with Crippen LogP contribution in [-0.2, 0) is 30.5 Å². The third kappa shape index (κ3) is 5.36. The number of fused-ring (bicyclic) bond motifs is 3. The summed E-state index contributed by atoms with van der Waals surface area (Å²) in [6, 6.07) is 8.34. The monoisotopic (exact) mass is 629 g/mol. The molecule has 5 N–H and O–H groups in total. The first-order valence-corrected chi connectivity index (χ1v) is 17.1. The normalized spacial score (nSPS) is 27.4. The maximum atomic E-state index is 12.1. The van der Waals surface area contributed by atoms with Crippen LogP contribution in [0.3, 0.4) is 0 Å². The Bertz CT molecular complexity index is 1560. The van der Waals surface area contributed by atoms with Crippen molar-refractivity contribution in [3.05, 3.63) is 47.0 Å². The third-order valence-corrected chi connectivity index (χ3v) is 11.7. The van der Waals surface area contributed by atoms with Crippen molar-refractivity contribution in [3.8, 4) is 0 Å². The molecule has 2 aromatic heterocycles. The van der Waals surface area contributed by atoms with Crippen LogP contribution in [0.4, 0.5) is 5.82 Å². The Hall–Kier alpha value is -1.96. The highest BCUT2D eigenvalue weighted by atomic mass is 35.5. The fraction of sp³-hybridized carbons (Fsp3) is 0.542. The Morgan fingerprint density at radius 2 is 1.80 bits per heavy atom. The minimum Gasteiger partial charge on any atom is -0.387 e. The lowest BCUT2D eigenvalue weighted by Gasteiger charge is -2.43. The third-order valence-electron chi connectivity index (χ3n) is 8.09. The minimum atomic E-state index is -4.84. The second-order valence-electron chi connectivity index (χ2n) is 10.8. The smallest absolute Gasteiger partial charge is 0.340 e. The summed E-state index contributed by atoms with van der Waals surface area (Å²) in [6.07, 6.45) is 1.00. The van der Waals surface area contributed by atoms with E-state index in [1.54, 1.807) is 0 Å². The molecule has 1 saturated carbocycles. The summed E-state index contributed by atoms with van der Waals surface area (Å²) >= 11 is 6.44. The number of anilines is 1. The Labute approximate surface area is 239 Å². The Morgan fingerprint density at radius 1 is 1.07 bits per heavy atom. The van der Waals surface area contributed by atoms with Crippen LogP contribution in [0.1, 0.15) is 49.5 Å². The summed E-state index contributed by atoms with van der Waals surface area (Å²) in [6.45, 7) is -0.0906. The molecule has 14 nitrogen and oxygen atoms in total. The van der Waals surface area contributed by atoms with Crippen LogP contribution in [0.25, 0.3) is 11.2 Å². The van der Waals surface area contributed by atoms with Crippen LogP contribution >= 0.6 is 26.8 Å². The van der Waals surface area contributed by atoms with Gasteiger partial charge in [-0.05, 0) is 35.6 Å². The molecule has 1 saturated heterocycles. The van der Waals surface area contributed by atoms with Gasteiger partial charge in [-0.3, -0.25) is 13.7 Å². The van der Waals surface area contributed by atoms with Crippen LogP contribution in [0.2, 0.25) is 5.28 Å². The number of aliphatic hydroxyl groups is 2. The van der Waals surface area contributed by atoms with Crippen molar-refractivity contribution in [2.45, 2.75) is 68.7 Å². The summed E-state index contributed by atoms with van der Waals surface area (Å²) in [7, 11) is -9.54. The highest BCUT2D eigenvalue weighted by molar-refractivity contribution is 7.70. The molecule has 1 spiro atoms. The highest BCUT2D eigenvalue weighted by Gasteiger charge is 2.48. The highest BCUT2D eigenvalue weighted by Crippen LogP contribution is 2.56. The van der Waals surface area contributed by atoms with Gasteiger partial charge in [0.05, 0.1) is 18.5 Å². The predicted molar refractivity (Wildman–Crippen MR) is 146 cm³/mol. The van der Waals surface area contributed by atoms with E-state index in [4.69, 9.17) is 30.6 Å². The molecule has 3 aromatic rings. The molecule has 4 heterocycles. The molecule has 1 aromatic carbocycles. The van der Waals surface area contributed by atoms with Gasteiger partial charge in [-0.15, -0.1) is 0 Å². The molecule has 2 unspecified atom stereocenters. The van der Waals surface area contributed by atoms with E-state index in [2.05, 4.69) is 32.0 Å². The molecular formula is C24H30ClN5O9P2. The molecular weight excluding hydrogens is 600 g/mol. The molecule has 0 bridgehead atoms. The van der Waals surface area contributed by atoms with E-state index < -0.39 is 52.2 Å². The van der Waals surface area contributed by atoms with Crippen LogP contribution in [0.15, 0.2) is 30.6 Å².